The van der Waals surface area contributed by atoms with E-state index in [0.717, 1.165) is 25.7 Å². The van der Waals surface area contributed by atoms with E-state index in [1.807, 2.05) is 27.7 Å². The minimum Gasteiger partial charge on any atom is -0.444 e. The summed E-state index contributed by atoms with van der Waals surface area (Å²) in [5.41, 5.74) is -0.448. The molecule has 0 spiro atoms. The Kier molecular flexibility index (Phi) is 6.28. The smallest absolute Gasteiger partial charge is 0.410 e. The van der Waals surface area contributed by atoms with Crippen LogP contribution >= 0.6 is 0 Å². The lowest BCUT2D eigenvalue weighted by atomic mass is 10.1. The number of unbranched alkanes of at least 4 members (excludes halogenated alkanes) is 1. The first-order valence-electron chi connectivity index (χ1n) is 8.65. The molecule has 1 unspecified atom stereocenters. The number of likely N-dealkylation sites (tertiary alicyclic amines) is 1. The highest BCUT2D eigenvalue weighted by atomic mass is 16.7. The molecule has 1 amide bonds. The van der Waals surface area contributed by atoms with Crippen molar-refractivity contribution < 1.29 is 23.7 Å². The first-order chi connectivity index (χ1) is 10.8. The predicted octanol–water partition coefficient (Wildman–Crippen LogP) is 2.95. The van der Waals surface area contributed by atoms with Crippen LogP contribution in [0.15, 0.2) is 0 Å². The lowest BCUT2D eigenvalue weighted by Crippen LogP contribution is -2.36. The van der Waals surface area contributed by atoms with E-state index in [2.05, 4.69) is 0 Å². The number of carbonyl (C=O) groups is 1. The number of ether oxygens (including phenoxy) is 4. The van der Waals surface area contributed by atoms with E-state index in [1.165, 1.54) is 0 Å². The van der Waals surface area contributed by atoms with Gasteiger partial charge in [-0.2, -0.15) is 0 Å². The van der Waals surface area contributed by atoms with Crippen molar-refractivity contribution in [1.29, 1.82) is 0 Å². The second-order valence-electron chi connectivity index (χ2n) is 7.50. The van der Waals surface area contributed by atoms with Crippen LogP contribution in [0.4, 0.5) is 4.79 Å². The molecule has 2 fully saturated rings. The summed E-state index contributed by atoms with van der Waals surface area (Å²) in [6, 6.07) is 0. The first kappa shape index (κ1) is 18.5. The number of hydrogen-bond donors (Lipinski definition) is 0. The van der Waals surface area contributed by atoms with Crippen LogP contribution in [0.25, 0.3) is 0 Å². The Balaban J connectivity index is 1.56. The Morgan fingerprint density at radius 2 is 1.96 bits per heavy atom. The monoisotopic (exact) mass is 329 g/mol. The second kappa shape index (κ2) is 7.81. The Labute approximate surface area is 139 Å². The Bertz CT molecular complexity index is 387. The molecule has 6 heteroatoms. The van der Waals surface area contributed by atoms with Crippen LogP contribution < -0.4 is 0 Å². The summed E-state index contributed by atoms with van der Waals surface area (Å²) in [6.07, 6.45) is 3.64. The largest absolute Gasteiger partial charge is 0.444 e. The van der Waals surface area contributed by atoms with Gasteiger partial charge < -0.3 is 23.8 Å². The van der Waals surface area contributed by atoms with Crippen molar-refractivity contribution in [2.24, 2.45) is 0 Å². The molecule has 134 valence electrons. The molecule has 0 aliphatic carbocycles. The van der Waals surface area contributed by atoms with Gasteiger partial charge in [0, 0.05) is 19.6 Å². The molecule has 0 saturated carbocycles. The Morgan fingerprint density at radius 1 is 1.26 bits per heavy atom. The molecule has 0 aromatic carbocycles. The lowest BCUT2D eigenvalue weighted by Gasteiger charge is -2.24. The zero-order chi connectivity index (χ0) is 16.9. The van der Waals surface area contributed by atoms with Crippen LogP contribution in [0.3, 0.4) is 0 Å². The quantitative estimate of drug-likeness (QED) is 0.701. The summed E-state index contributed by atoms with van der Waals surface area (Å²) >= 11 is 0. The van der Waals surface area contributed by atoms with Crippen molar-refractivity contribution in [2.45, 2.75) is 70.9 Å². The van der Waals surface area contributed by atoms with Crippen molar-refractivity contribution >= 4 is 6.09 Å². The molecule has 0 radical (unpaired) electrons. The molecule has 2 saturated heterocycles. The maximum atomic E-state index is 12.0. The number of rotatable bonds is 6. The van der Waals surface area contributed by atoms with Gasteiger partial charge in [0.25, 0.3) is 0 Å². The lowest BCUT2D eigenvalue weighted by molar-refractivity contribution is -0.148. The minimum atomic E-state index is -0.448. The van der Waals surface area contributed by atoms with Crippen molar-refractivity contribution in [3.05, 3.63) is 0 Å². The minimum absolute atomic E-state index is 0.122. The van der Waals surface area contributed by atoms with Gasteiger partial charge in [0.15, 0.2) is 5.79 Å². The standard InChI is InChI=1S/C17H31NO5/c1-16(2,3)23-15(19)18-9-7-14(13-18)20-10-6-5-8-17(4)21-11-12-22-17/h14H,5-13H2,1-4H3. The van der Waals surface area contributed by atoms with Crippen molar-refractivity contribution in [3.8, 4) is 0 Å². The molecular formula is C17H31NO5. The van der Waals surface area contributed by atoms with Gasteiger partial charge in [-0.15, -0.1) is 0 Å². The number of hydrogen-bond acceptors (Lipinski definition) is 5. The molecule has 2 rings (SSSR count). The fraction of sp³-hybridized carbons (Fsp3) is 0.941. The maximum Gasteiger partial charge on any atom is 0.410 e. The third-order valence-corrected chi connectivity index (χ3v) is 4.07. The molecular weight excluding hydrogens is 298 g/mol. The van der Waals surface area contributed by atoms with Gasteiger partial charge in [-0.05, 0) is 47.0 Å². The van der Waals surface area contributed by atoms with Gasteiger partial charge >= 0.3 is 6.09 Å². The van der Waals surface area contributed by atoms with Crippen LogP contribution in [0.2, 0.25) is 0 Å². The maximum absolute atomic E-state index is 12.0. The van der Waals surface area contributed by atoms with E-state index < -0.39 is 11.4 Å². The number of amides is 1. The van der Waals surface area contributed by atoms with Gasteiger partial charge in [0.2, 0.25) is 0 Å². The van der Waals surface area contributed by atoms with Gasteiger partial charge in [-0.3, -0.25) is 0 Å². The first-order valence-corrected chi connectivity index (χ1v) is 8.65. The van der Waals surface area contributed by atoms with E-state index in [0.29, 0.717) is 32.9 Å². The average Bonchev–Trinajstić information content (AvgIpc) is 3.06. The van der Waals surface area contributed by atoms with E-state index in [9.17, 15) is 4.79 Å². The van der Waals surface area contributed by atoms with Crippen LogP contribution in [0.5, 0.6) is 0 Å². The predicted molar refractivity (Wildman–Crippen MR) is 86.3 cm³/mol. The third kappa shape index (κ3) is 6.28. The normalized spacial score (nSPS) is 24.2. The molecule has 2 aliphatic rings. The van der Waals surface area contributed by atoms with Gasteiger partial charge in [-0.1, -0.05) is 0 Å². The molecule has 2 heterocycles. The molecule has 0 bridgehead atoms. The molecule has 0 aromatic rings. The molecule has 23 heavy (non-hydrogen) atoms. The second-order valence-corrected chi connectivity index (χ2v) is 7.50. The molecule has 2 aliphatic heterocycles. The van der Waals surface area contributed by atoms with Crippen molar-refractivity contribution in [2.75, 3.05) is 32.9 Å². The van der Waals surface area contributed by atoms with E-state index in [1.54, 1.807) is 4.90 Å². The zero-order valence-electron chi connectivity index (χ0n) is 14.9. The van der Waals surface area contributed by atoms with Gasteiger partial charge in [-0.25, -0.2) is 4.79 Å². The summed E-state index contributed by atoms with van der Waals surface area (Å²) in [7, 11) is 0. The fourth-order valence-corrected chi connectivity index (χ4v) is 2.86. The highest BCUT2D eigenvalue weighted by molar-refractivity contribution is 5.68. The van der Waals surface area contributed by atoms with Crippen LogP contribution in [0.1, 0.15) is 53.4 Å². The van der Waals surface area contributed by atoms with Gasteiger partial charge in [0.1, 0.15) is 5.60 Å². The van der Waals surface area contributed by atoms with Crippen LogP contribution in [-0.4, -0.2) is 61.4 Å². The highest BCUT2D eigenvalue weighted by Crippen LogP contribution is 2.25. The van der Waals surface area contributed by atoms with Crippen LogP contribution in [-0.2, 0) is 18.9 Å². The molecule has 6 nitrogen and oxygen atoms in total. The summed E-state index contributed by atoms with van der Waals surface area (Å²) in [5.74, 6) is -0.402. The van der Waals surface area contributed by atoms with Gasteiger partial charge in [0.05, 0.1) is 25.9 Å². The molecule has 0 N–H and O–H groups in total. The Morgan fingerprint density at radius 3 is 2.61 bits per heavy atom. The molecule has 0 aromatic heterocycles. The number of carbonyl (C=O) groups excluding carboxylic acids is 1. The fourth-order valence-electron chi connectivity index (χ4n) is 2.86. The Hall–Kier alpha value is -0.850. The summed E-state index contributed by atoms with van der Waals surface area (Å²) in [6.45, 7) is 11.1. The summed E-state index contributed by atoms with van der Waals surface area (Å²) < 4.78 is 22.4. The molecule has 1 atom stereocenters. The van der Waals surface area contributed by atoms with E-state index >= 15 is 0 Å². The zero-order valence-corrected chi connectivity index (χ0v) is 14.9. The third-order valence-electron chi connectivity index (χ3n) is 4.07. The average molecular weight is 329 g/mol. The van der Waals surface area contributed by atoms with E-state index in [4.69, 9.17) is 18.9 Å². The SMILES string of the molecule is CC(C)(C)OC(=O)N1CCC(OCCCCC2(C)OCCO2)C1. The topological polar surface area (TPSA) is 57.2 Å². The number of nitrogens with zero attached hydrogens (tertiary/aromatic N) is 1. The highest BCUT2D eigenvalue weighted by Gasteiger charge is 2.31. The van der Waals surface area contributed by atoms with Crippen LogP contribution in [0, 0.1) is 0 Å². The summed E-state index contributed by atoms with van der Waals surface area (Å²) in [4.78, 5) is 13.7. The van der Waals surface area contributed by atoms with Crippen molar-refractivity contribution in [3.63, 3.8) is 0 Å². The van der Waals surface area contributed by atoms with E-state index in [-0.39, 0.29) is 12.2 Å². The summed E-state index contributed by atoms with van der Waals surface area (Å²) in [5, 5.41) is 0. The van der Waals surface area contributed by atoms with Crippen molar-refractivity contribution in [1.82, 2.24) is 4.90 Å².